The first-order valence-corrected chi connectivity index (χ1v) is 34.6. The van der Waals surface area contributed by atoms with Gasteiger partial charge in [-0.3, -0.25) is 9.59 Å². The molecule has 6 nitrogen and oxygen atoms in total. The number of carbonyl (C=O) groups is 2. The summed E-state index contributed by atoms with van der Waals surface area (Å²) in [4.78, 5) is 24.5. The molecule has 0 aromatic rings. The van der Waals surface area contributed by atoms with Crippen LogP contribution in [-0.2, 0) is 14.3 Å². The first kappa shape index (κ1) is 74.3. The third kappa shape index (κ3) is 61.6. The lowest BCUT2D eigenvalue weighted by Gasteiger charge is -2.20. The van der Waals surface area contributed by atoms with Crippen molar-refractivity contribution in [3.05, 3.63) is 24.3 Å². The fraction of sp³-hybridized carbons (Fsp3) is 0.914. The standard InChI is InChI=1S/C70H135NO5/c1-3-5-7-9-11-13-15-39-43-46-50-54-58-62-68(73)67(66-72)71-69(74)63-59-55-51-47-44-40-37-35-33-31-29-27-25-23-21-19-17-16-18-20-22-24-26-28-30-32-34-36-38-41-45-49-53-57-61-65-76-70(75)64-60-56-52-48-42-14-12-10-8-6-4-2/h10,12,58,62,67-68,72-73H,3-9,11,13-57,59-61,63-66H2,1-2H3,(H,71,74)/b12-10-,62-58+. The summed E-state index contributed by atoms with van der Waals surface area (Å²) in [6, 6.07) is -0.622. The quantitative estimate of drug-likeness (QED) is 0.0320. The molecule has 0 aliphatic heterocycles. The molecule has 0 heterocycles. The number of allylic oxidation sites excluding steroid dienone is 3. The van der Waals surface area contributed by atoms with Crippen molar-refractivity contribution in [2.75, 3.05) is 13.2 Å². The van der Waals surface area contributed by atoms with Crippen molar-refractivity contribution in [2.45, 2.75) is 398 Å². The van der Waals surface area contributed by atoms with Crippen LogP contribution in [0.5, 0.6) is 0 Å². The van der Waals surface area contributed by atoms with Crippen LogP contribution in [0.1, 0.15) is 386 Å². The van der Waals surface area contributed by atoms with Crippen LogP contribution in [0, 0.1) is 0 Å². The Labute approximate surface area is 475 Å². The average Bonchev–Trinajstić information content (AvgIpc) is 3.42. The number of amides is 1. The Balaban J connectivity index is 3.31. The molecule has 0 aromatic heterocycles. The first-order chi connectivity index (χ1) is 37.5. The van der Waals surface area contributed by atoms with E-state index >= 15 is 0 Å². The summed E-state index contributed by atoms with van der Waals surface area (Å²) in [7, 11) is 0. The lowest BCUT2D eigenvalue weighted by atomic mass is 10.0. The minimum Gasteiger partial charge on any atom is -0.466 e. The summed E-state index contributed by atoms with van der Waals surface area (Å²) >= 11 is 0. The Bertz CT molecular complexity index is 1190. The molecule has 450 valence electrons. The highest BCUT2D eigenvalue weighted by atomic mass is 16.5. The highest BCUT2D eigenvalue weighted by Crippen LogP contribution is 2.19. The number of rotatable bonds is 65. The lowest BCUT2D eigenvalue weighted by Crippen LogP contribution is -2.45. The number of nitrogens with one attached hydrogen (secondary N) is 1. The molecular weight excluding hydrogens is 935 g/mol. The van der Waals surface area contributed by atoms with E-state index in [0.717, 1.165) is 44.9 Å². The van der Waals surface area contributed by atoms with Gasteiger partial charge in [0, 0.05) is 12.8 Å². The fourth-order valence-corrected chi connectivity index (χ4v) is 10.9. The van der Waals surface area contributed by atoms with Gasteiger partial charge in [0.1, 0.15) is 0 Å². The molecule has 0 rings (SSSR count). The molecular formula is C70H135NO5. The van der Waals surface area contributed by atoms with Gasteiger partial charge in [-0.1, -0.05) is 346 Å². The lowest BCUT2D eigenvalue weighted by molar-refractivity contribution is -0.143. The Morgan fingerprint density at radius 1 is 0.355 bits per heavy atom. The molecule has 2 atom stereocenters. The van der Waals surface area contributed by atoms with E-state index in [0.29, 0.717) is 19.4 Å². The maximum atomic E-state index is 12.5. The molecule has 1 amide bonds. The zero-order chi connectivity index (χ0) is 55.0. The van der Waals surface area contributed by atoms with Crippen LogP contribution in [0.2, 0.25) is 0 Å². The summed E-state index contributed by atoms with van der Waals surface area (Å²) in [6.45, 7) is 4.89. The Morgan fingerprint density at radius 2 is 0.632 bits per heavy atom. The minimum atomic E-state index is -0.839. The van der Waals surface area contributed by atoms with Gasteiger partial charge in [-0.25, -0.2) is 0 Å². The second-order valence-corrected chi connectivity index (χ2v) is 23.9. The number of unbranched alkanes of at least 4 members (excludes halogenated alkanes) is 52. The predicted octanol–water partition coefficient (Wildman–Crippen LogP) is 22.1. The van der Waals surface area contributed by atoms with E-state index in [1.807, 2.05) is 6.08 Å². The second kappa shape index (κ2) is 65.9. The maximum Gasteiger partial charge on any atom is 0.305 e. The number of carbonyl (C=O) groups excluding carboxylic acids is 2. The number of aliphatic hydroxyl groups excluding tert-OH is 2. The summed E-state index contributed by atoms with van der Waals surface area (Å²) < 4.78 is 5.47. The van der Waals surface area contributed by atoms with Gasteiger partial charge in [-0.15, -0.1) is 0 Å². The molecule has 0 aromatic carbocycles. The van der Waals surface area contributed by atoms with Crippen molar-refractivity contribution in [1.29, 1.82) is 0 Å². The van der Waals surface area contributed by atoms with Crippen molar-refractivity contribution < 1.29 is 24.5 Å². The summed E-state index contributed by atoms with van der Waals surface area (Å²) in [5.41, 5.74) is 0. The normalized spacial score (nSPS) is 12.6. The summed E-state index contributed by atoms with van der Waals surface area (Å²) in [5.74, 6) is -0.0496. The van der Waals surface area contributed by atoms with Crippen molar-refractivity contribution in [3.63, 3.8) is 0 Å². The van der Waals surface area contributed by atoms with E-state index in [1.54, 1.807) is 6.08 Å². The topological polar surface area (TPSA) is 95.9 Å². The number of aliphatic hydroxyl groups is 2. The molecule has 2 unspecified atom stereocenters. The summed E-state index contributed by atoms with van der Waals surface area (Å²) in [6.07, 6.45) is 82.7. The molecule has 76 heavy (non-hydrogen) atoms. The number of ether oxygens (including phenoxy) is 1. The van der Waals surface area contributed by atoms with Crippen LogP contribution < -0.4 is 5.32 Å². The van der Waals surface area contributed by atoms with Crippen molar-refractivity contribution >= 4 is 11.9 Å². The number of hydrogen-bond acceptors (Lipinski definition) is 5. The van der Waals surface area contributed by atoms with E-state index in [1.165, 1.54) is 315 Å². The van der Waals surface area contributed by atoms with Gasteiger partial charge < -0.3 is 20.3 Å². The van der Waals surface area contributed by atoms with Crippen molar-refractivity contribution in [2.24, 2.45) is 0 Å². The largest absolute Gasteiger partial charge is 0.466 e. The molecule has 0 spiro atoms. The highest BCUT2D eigenvalue weighted by Gasteiger charge is 2.18. The van der Waals surface area contributed by atoms with Crippen molar-refractivity contribution in [3.8, 4) is 0 Å². The van der Waals surface area contributed by atoms with Gasteiger partial charge in [-0.05, 0) is 51.4 Å². The molecule has 3 N–H and O–H groups in total. The van der Waals surface area contributed by atoms with Gasteiger partial charge in [0.25, 0.3) is 0 Å². The zero-order valence-electron chi connectivity index (χ0n) is 51.5. The van der Waals surface area contributed by atoms with Gasteiger partial charge in [0.15, 0.2) is 0 Å². The third-order valence-corrected chi connectivity index (χ3v) is 16.2. The highest BCUT2D eigenvalue weighted by molar-refractivity contribution is 5.76. The van der Waals surface area contributed by atoms with E-state index in [2.05, 4.69) is 31.3 Å². The van der Waals surface area contributed by atoms with Crippen LogP contribution in [0.3, 0.4) is 0 Å². The molecule has 0 radical (unpaired) electrons. The zero-order valence-corrected chi connectivity index (χ0v) is 51.5. The molecule has 0 fully saturated rings. The monoisotopic (exact) mass is 1070 g/mol. The summed E-state index contributed by atoms with van der Waals surface area (Å²) in [5, 5.41) is 23.1. The van der Waals surface area contributed by atoms with E-state index in [-0.39, 0.29) is 18.5 Å². The molecule has 0 saturated heterocycles. The van der Waals surface area contributed by atoms with Gasteiger partial charge in [-0.2, -0.15) is 0 Å². The maximum absolute atomic E-state index is 12.5. The third-order valence-electron chi connectivity index (χ3n) is 16.2. The van der Waals surface area contributed by atoms with Gasteiger partial charge >= 0.3 is 5.97 Å². The molecule has 0 bridgehead atoms. The number of esters is 1. The minimum absolute atomic E-state index is 0.0115. The number of hydrogen-bond donors (Lipinski definition) is 3. The molecule has 0 saturated carbocycles. The van der Waals surface area contributed by atoms with Gasteiger partial charge in [0.2, 0.25) is 5.91 Å². The predicted molar refractivity (Wildman–Crippen MR) is 333 cm³/mol. The smallest absolute Gasteiger partial charge is 0.305 e. The van der Waals surface area contributed by atoms with E-state index in [9.17, 15) is 19.8 Å². The van der Waals surface area contributed by atoms with E-state index < -0.39 is 12.1 Å². The molecule has 0 aliphatic rings. The van der Waals surface area contributed by atoms with Crippen LogP contribution in [0.25, 0.3) is 0 Å². The Hall–Kier alpha value is -1.66. The average molecular weight is 1070 g/mol. The van der Waals surface area contributed by atoms with Crippen molar-refractivity contribution in [1.82, 2.24) is 5.32 Å². The Kier molecular flexibility index (Phi) is 64.4. The van der Waals surface area contributed by atoms with E-state index in [4.69, 9.17) is 4.74 Å². The fourth-order valence-electron chi connectivity index (χ4n) is 10.9. The van der Waals surface area contributed by atoms with Crippen LogP contribution in [-0.4, -0.2) is 47.4 Å². The molecule has 0 aliphatic carbocycles. The van der Waals surface area contributed by atoms with Crippen LogP contribution in [0.15, 0.2) is 24.3 Å². The second-order valence-electron chi connectivity index (χ2n) is 23.9. The first-order valence-electron chi connectivity index (χ1n) is 34.6. The molecule has 6 heteroatoms. The van der Waals surface area contributed by atoms with Crippen LogP contribution in [0.4, 0.5) is 0 Å². The SMILES string of the molecule is CCCC/C=C\CCCCCCCC(=O)OCCCCCCCCCCCCCCCCCCCCCCCCCCCCCCCCCCCCCC(=O)NC(CO)C(O)/C=C/CCCCCCCCCCCCC. The van der Waals surface area contributed by atoms with Crippen LogP contribution >= 0.6 is 0 Å². The Morgan fingerprint density at radius 3 is 0.974 bits per heavy atom. The van der Waals surface area contributed by atoms with Gasteiger partial charge in [0.05, 0.1) is 25.4 Å².